The molecule has 0 bridgehead atoms. The first-order chi connectivity index (χ1) is 11.0. The molecular weight excluding hydrogens is 284 g/mol. The van der Waals surface area contributed by atoms with Gasteiger partial charge in [0.15, 0.2) is 0 Å². The van der Waals surface area contributed by atoms with Gasteiger partial charge >= 0.3 is 0 Å². The number of benzene rings is 1. The fraction of sp³-hybridized carbons (Fsp3) is 0.650. The van der Waals surface area contributed by atoms with Crippen LogP contribution in [0.2, 0.25) is 0 Å². The van der Waals surface area contributed by atoms with Crippen molar-refractivity contribution in [2.45, 2.75) is 77.7 Å². The monoisotopic (exact) mass is 314 g/mol. The first-order valence-corrected chi connectivity index (χ1v) is 9.03. The van der Waals surface area contributed by atoms with Gasteiger partial charge in [-0.25, -0.2) is 9.79 Å². The van der Waals surface area contributed by atoms with E-state index in [9.17, 15) is 4.79 Å². The van der Waals surface area contributed by atoms with Crippen LogP contribution in [0.3, 0.4) is 0 Å². The normalized spacial score (nSPS) is 21.2. The Labute approximate surface area is 140 Å². The molecule has 126 valence electrons. The van der Waals surface area contributed by atoms with Crippen molar-refractivity contribution in [3.05, 3.63) is 28.8 Å². The summed E-state index contributed by atoms with van der Waals surface area (Å²) in [6.45, 7) is 6.62. The summed E-state index contributed by atoms with van der Waals surface area (Å²) >= 11 is 0. The lowest BCUT2D eigenvalue weighted by atomic mass is 9.81. The lowest BCUT2D eigenvalue weighted by molar-refractivity contribution is 0.321. The number of hydrogen-bond donors (Lipinski definition) is 1. The van der Waals surface area contributed by atoms with Gasteiger partial charge in [0.2, 0.25) is 6.08 Å². The summed E-state index contributed by atoms with van der Waals surface area (Å²) in [7, 11) is 0. The van der Waals surface area contributed by atoms with E-state index in [1.54, 1.807) is 6.08 Å². The smallest absolute Gasteiger partial charge is 0.235 e. The lowest BCUT2D eigenvalue weighted by Gasteiger charge is -2.26. The van der Waals surface area contributed by atoms with Gasteiger partial charge in [-0.15, -0.1) is 0 Å². The SMILES string of the molecule is CCCc1cc(CC2CCCC(N=C=O)C2)cc(C(C)C)c1N. The maximum atomic E-state index is 10.5. The molecule has 23 heavy (non-hydrogen) atoms. The van der Waals surface area contributed by atoms with Crippen LogP contribution in [0.25, 0.3) is 0 Å². The topological polar surface area (TPSA) is 55.5 Å². The summed E-state index contributed by atoms with van der Waals surface area (Å²) in [5.41, 5.74) is 11.3. The molecule has 1 aromatic carbocycles. The molecule has 2 unspecified atom stereocenters. The van der Waals surface area contributed by atoms with Crippen molar-refractivity contribution in [2.75, 3.05) is 5.73 Å². The Hall–Kier alpha value is -1.60. The summed E-state index contributed by atoms with van der Waals surface area (Å²) in [6, 6.07) is 4.78. The van der Waals surface area contributed by atoms with E-state index in [1.807, 2.05) is 0 Å². The third-order valence-electron chi connectivity index (χ3n) is 5.01. The summed E-state index contributed by atoms with van der Waals surface area (Å²) in [5, 5.41) is 0. The van der Waals surface area contributed by atoms with Gasteiger partial charge in [-0.3, -0.25) is 0 Å². The summed E-state index contributed by atoms with van der Waals surface area (Å²) < 4.78 is 0. The van der Waals surface area contributed by atoms with Crippen LogP contribution in [-0.4, -0.2) is 12.1 Å². The second-order valence-electron chi connectivity index (χ2n) is 7.27. The highest BCUT2D eigenvalue weighted by molar-refractivity contribution is 5.57. The third kappa shape index (κ3) is 4.68. The standard InChI is InChI=1S/C20H30N2O/c1-4-6-17-10-16(12-19(14(2)3)20(17)21)9-15-7-5-8-18(11-15)22-13-23/h10,12,14-15,18H,4-9,11,21H2,1-3H3. The largest absolute Gasteiger partial charge is 0.398 e. The summed E-state index contributed by atoms with van der Waals surface area (Å²) in [6.07, 6.45) is 9.41. The van der Waals surface area contributed by atoms with Crippen molar-refractivity contribution in [3.63, 3.8) is 0 Å². The Morgan fingerprint density at radius 1 is 1.35 bits per heavy atom. The predicted octanol–water partition coefficient (Wildman–Crippen LogP) is 4.78. The van der Waals surface area contributed by atoms with E-state index >= 15 is 0 Å². The first kappa shape index (κ1) is 17.7. The summed E-state index contributed by atoms with van der Waals surface area (Å²) in [5.74, 6) is 1.06. The number of nitrogens with zero attached hydrogens (tertiary/aromatic N) is 1. The molecule has 2 atom stereocenters. The average Bonchev–Trinajstić information content (AvgIpc) is 2.51. The number of aliphatic imine (C=N–C) groups is 1. The Bertz CT molecular complexity index is 573. The highest BCUT2D eigenvalue weighted by Crippen LogP contribution is 2.32. The zero-order valence-corrected chi connectivity index (χ0v) is 14.8. The number of hydrogen-bond acceptors (Lipinski definition) is 3. The van der Waals surface area contributed by atoms with Gasteiger partial charge in [0.05, 0.1) is 6.04 Å². The van der Waals surface area contributed by atoms with Gasteiger partial charge in [-0.1, -0.05) is 45.7 Å². The number of carbonyl (C=O) groups excluding carboxylic acids is 1. The molecule has 1 aliphatic rings. The molecule has 1 saturated carbocycles. The molecule has 0 spiro atoms. The number of nitrogen functional groups attached to an aromatic ring is 1. The van der Waals surface area contributed by atoms with Crippen LogP contribution in [0.5, 0.6) is 0 Å². The quantitative estimate of drug-likeness (QED) is 0.466. The molecule has 0 aliphatic heterocycles. The fourth-order valence-electron chi connectivity index (χ4n) is 3.85. The van der Waals surface area contributed by atoms with E-state index in [4.69, 9.17) is 5.73 Å². The van der Waals surface area contributed by atoms with Gasteiger partial charge in [-0.05, 0) is 60.6 Å². The van der Waals surface area contributed by atoms with Crippen molar-refractivity contribution in [1.29, 1.82) is 0 Å². The van der Waals surface area contributed by atoms with Gasteiger partial charge in [0.1, 0.15) is 0 Å². The maximum absolute atomic E-state index is 10.5. The van der Waals surface area contributed by atoms with Crippen LogP contribution in [0, 0.1) is 5.92 Å². The number of rotatable bonds is 6. The molecule has 3 nitrogen and oxygen atoms in total. The highest BCUT2D eigenvalue weighted by atomic mass is 16.1. The van der Waals surface area contributed by atoms with Crippen molar-refractivity contribution >= 4 is 11.8 Å². The molecule has 0 heterocycles. The highest BCUT2D eigenvalue weighted by Gasteiger charge is 2.22. The lowest BCUT2D eigenvalue weighted by Crippen LogP contribution is -2.20. The van der Waals surface area contributed by atoms with Crippen molar-refractivity contribution < 1.29 is 4.79 Å². The fourth-order valence-corrected chi connectivity index (χ4v) is 3.85. The molecule has 1 aliphatic carbocycles. The average molecular weight is 314 g/mol. The molecule has 2 N–H and O–H groups in total. The number of isocyanates is 1. The number of anilines is 1. The van der Waals surface area contributed by atoms with Crippen LogP contribution < -0.4 is 5.73 Å². The first-order valence-electron chi connectivity index (χ1n) is 9.03. The zero-order chi connectivity index (χ0) is 16.8. The molecule has 3 heteroatoms. The van der Waals surface area contributed by atoms with E-state index in [2.05, 4.69) is 37.9 Å². The molecule has 0 aromatic heterocycles. The second kappa shape index (κ2) is 8.31. The van der Waals surface area contributed by atoms with Gasteiger partial charge < -0.3 is 5.73 Å². The van der Waals surface area contributed by atoms with Crippen LogP contribution >= 0.6 is 0 Å². The Kier molecular flexibility index (Phi) is 6.41. The third-order valence-corrected chi connectivity index (χ3v) is 5.01. The number of nitrogens with two attached hydrogens (primary N) is 1. The molecule has 1 aromatic rings. The Morgan fingerprint density at radius 3 is 2.78 bits per heavy atom. The Balaban J connectivity index is 2.19. The zero-order valence-electron chi connectivity index (χ0n) is 14.8. The van der Waals surface area contributed by atoms with Gasteiger partial charge in [-0.2, -0.15) is 0 Å². The van der Waals surface area contributed by atoms with E-state index < -0.39 is 0 Å². The molecule has 0 amide bonds. The molecule has 0 radical (unpaired) electrons. The second-order valence-corrected chi connectivity index (χ2v) is 7.27. The molecule has 2 rings (SSSR count). The van der Waals surface area contributed by atoms with Crippen molar-refractivity contribution in [2.24, 2.45) is 10.9 Å². The van der Waals surface area contributed by atoms with E-state index in [0.717, 1.165) is 44.2 Å². The molecular formula is C20H30N2O. The van der Waals surface area contributed by atoms with Crippen molar-refractivity contribution in [1.82, 2.24) is 0 Å². The molecule has 0 saturated heterocycles. The molecule has 1 fully saturated rings. The summed E-state index contributed by atoms with van der Waals surface area (Å²) in [4.78, 5) is 14.5. The van der Waals surface area contributed by atoms with E-state index in [0.29, 0.717) is 11.8 Å². The maximum Gasteiger partial charge on any atom is 0.235 e. The van der Waals surface area contributed by atoms with Crippen LogP contribution in [0.1, 0.15) is 75.5 Å². The number of aryl methyl sites for hydroxylation is 1. The minimum Gasteiger partial charge on any atom is -0.398 e. The van der Waals surface area contributed by atoms with E-state index in [1.165, 1.54) is 23.1 Å². The van der Waals surface area contributed by atoms with Crippen LogP contribution in [0.4, 0.5) is 5.69 Å². The van der Waals surface area contributed by atoms with Crippen LogP contribution in [0.15, 0.2) is 17.1 Å². The Morgan fingerprint density at radius 2 is 2.13 bits per heavy atom. The van der Waals surface area contributed by atoms with E-state index in [-0.39, 0.29) is 6.04 Å². The van der Waals surface area contributed by atoms with Crippen LogP contribution in [-0.2, 0) is 17.6 Å². The minimum atomic E-state index is 0.180. The van der Waals surface area contributed by atoms with Gasteiger partial charge in [0, 0.05) is 5.69 Å². The van der Waals surface area contributed by atoms with Gasteiger partial charge in [0.25, 0.3) is 0 Å². The minimum absolute atomic E-state index is 0.180. The van der Waals surface area contributed by atoms with Crippen molar-refractivity contribution in [3.8, 4) is 0 Å². The predicted molar refractivity (Wildman–Crippen MR) is 96.5 cm³/mol.